The molecule has 1 unspecified atom stereocenters. The number of hydrogen-bond donors (Lipinski definition) is 2. The van der Waals surface area contributed by atoms with E-state index in [9.17, 15) is 4.79 Å². The van der Waals surface area contributed by atoms with Gasteiger partial charge in [0.25, 0.3) is 0 Å². The summed E-state index contributed by atoms with van der Waals surface area (Å²) < 4.78 is 43.1. The second-order valence-corrected chi connectivity index (χ2v) is 14.5. The number of methoxy groups -OCH3 is 1. The molecular formula is C40H36N6O5S. The number of nitrogens with zero attached hydrogens (tertiary/aromatic N) is 4. The molecule has 0 fully saturated rings. The van der Waals surface area contributed by atoms with Gasteiger partial charge in [-0.05, 0) is 47.4 Å². The Labute approximate surface area is 301 Å². The number of fused-ring (bicyclic) bond motifs is 2. The third kappa shape index (κ3) is 5.95. The molecule has 4 heterocycles. The van der Waals surface area contributed by atoms with Gasteiger partial charge in [0.15, 0.2) is 9.92 Å². The highest BCUT2D eigenvalue weighted by Crippen LogP contribution is 2.42. The Morgan fingerprint density at radius 1 is 0.942 bits per heavy atom. The van der Waals surface area contributed by atoms with Crippen LogP contribution in [0, 0.1) is 0 Å². The van der Waals surface area contributed by atoms with Crippen molar-refractivity contribution in [3.63, 3.8) is 0 Å². The summed E-state index contributed by atoms with van der Waals surface area (Å²) in [6, 6.07) is 35.7. The summed E-state index contributed by atoms with van der Waals surface area (Å²) in [6.07, 6.45) is 3.47. The van der Waals surface area contributed by atoms with Gasteiger partial charge in [-0.15, -0.1) is 4.36 Å². The van der Waals surface area contributed by atoms with Crippen LogP contribution in [0.3, 0.4) is 0 Å². The summed E-state index contributed by atoms with van der Waals surface area (Å²) in [5, 5.41) is 7.53. The number of amides is 2. The van der Waals surface area contributed by atoms with Crippen molar-refractivity contribution in [1.82, 2.24) is 19.5 Å². The highest BCUT2D eigenvalue weighted by Gasteiger charge is 2.42. The zero-order chi connectivity index (χ0) is 35.7. The van der Waals surface area contributed by atoms with Crippen LogP contribution in [0.15, 0.2) is 137 Å². The van der Waals surface area contributed by atoms with E-state index in [1.165, 1.54) is 6.20 Å². The summed E-state index contributed by atoms with van der Waals surface area (Å²) in [5.41, 5.74) is 3.93. The van der Waals surface area contributed by atoms with Crippen LogP contribution in [0.4, 0.5) is 10.5 Å². The number of carbonyl (C=O) groups excluding carboxylic acids is 1. The molecule has 2 atom stereocenters. The second kappa shape index (κ2) is 13.6. The van der Waals surface area contributed by atoms with E-state index in [2.05, 4.69) is 24.5 Å². The van der Waals surface area contributed by atoms with E-state index in [4.69, 9.17) is 14.2 Å². The van der Waals surface area contributed by atoms with E-state index < -0.39 is 21.5 Å². The molecule has 0 bridgehead atoms. The molecule has 2 amide bonds. The summed E-state index contributed by atoms with van der Waals surface area (Å²) in [6.45, 7) is 2.84. The van der Waals surface area contributed by atoms with E-state index >= 15 is 4.21 Å². The van der Waals surface area contributed by atoms with E-state index in [-0.39, 0.29) is 11.0 Å². The minimum atomic E-state index is -3.90. The molecule has 0 radical (unpaired) electrons. The van der Waals surface area contributed by atoms with Crippen molar-refractivity contribution in [2.75, 3.05) is 19.0 Å². The molecule has 2 N–H and O–H groups in total. The van der Waals surface area contributed by atoms with Gasteiger partial charge in [-0.1, -0.05) is 91.0 Å². The fraction of sp³-hybridized carbons (Fsp3) is 0.175. The third-order valence-electron chi connectivity index (χ3n) is 9.29. The fourth-order valence-electron chi connectivity index (χ4n) is 6.94. The summed E-state index contributed by atoms with van der Waals surface area (Å²) in [4.78, 5) is 18.9. The van der Waals surface area contributed by atoms with Gasteiger partial charge in [-0.3, -0.25) is 0 Å². The van der Waals surface area contributed by atoms with Crippen LogP contribution < -0.4 is 24.2 Å². The molecular weight excluding hydrogens is 677 g/mol. The Bertz CT molecular complexity index is 2280. The molecule has 262 valence electrons. The first-order valence-electron chi connectivity index (χ1n) is 16.9. The smallest absolute Gasteiger partial charge is 0.354 e. The van der Waals surface area contributed by atoms with Crippen molar-refractivity contribution in [2.24, 2.45) is 4.36 Å². The number of ether oxygens (including phenoxy) is 3. The molecule has 4 aromatic carbocycles. The number of hydrogen-bond acceptors (Lipinski definition) is 7. The summed E-state index contributed by atoms with van der Waals surface area (Å²) >= 11 is 0. The van der Waals surface area contributed by atoms with Crippen molar-refractivity contribution < 1.29 is 23.2 Å². The molecule has 0 aliphatic carbocycles. The summed E-state index contributed by atoms with van der Waals surface area (Å²) in [5.74, 6) is 1.38. The van der Waals surface area contributed by atoms with Gasteiger partial charge >= 0.3 is 6.03 Å². The van der Waals surface area contributed by atoms with Crippen LogP contribution >= 0.6 is 0 Å². The highest BCUT2D eigenvalue weighted by atomic mass is 32.2. The minimum Gasteiger partial charge on any atom is -0.493 e. The van der Waals surface area contributed by atoms with Gasteiger partial charge < -0.3 is 19.5 Å². The number of nitrogens with one attached hydrogen (secondary N) is 2. The lowest BCUT2D eigenvalue weighted by Crippen LogP contribution is -2.48. The van der Waals surface area contributed by atoms with Crippen molar-refractivity contribution in [2.45, 2.75) is 36.4 Å². The number of urea groups is 1. The van der Waals surface area contributed by atoms with Gasteiger partial charge in [-0.2, -0.15) is 5.10 Å². The SMILES string of the molecule is COc1cc(-c2ccc3c(c2NC(=O)N=S(=O)(NC(c2ccccc2)(c2ccccc2)c2ccccc2)c2cnn4c2O[C@H](C)C4)CCO3)ccn1. The Morgan fingerprint density at radius 2 is 1.60 bits per heavy atom. The third-order valence-corrected chi connectivity index (χ3v) is 11.2. The molecule has 0 spiro atoms. The zero-order valence-corrected chi connectivity index (χ0v) is 29.4. The minimum absolute atomic E-state index is 0.167. The molecule has 12 heteroatoms. The second-order valence-electron chi connectivity index (χ2n) is 12.6. The summed E-state index contributed by atoms with van der Waals surface area (Å²) in [7, 11) is -2.36. The topological polar surface area (TPSA) is 129 Å². The van der Waals surface area contributed by atoms with E-state index in [0.717, 1.165) is 27.8 Å². The monoisotopic (exact) mass is 712 g/mol. The number of carbonyl (C=O) groups is 1. The lowest BCUT2D eigenvalue weighted by atomic mass is 9.78. The van der Waals surface area contributed by atoms with Crippen LogP contribution in [-0.2, 0) is 28.4 Å². The molecule has 2 aliphatic heterocycles. The molecule has 0 saturated carbocycles. The lowest BCUT2D eigenvalue weighted by Gasteiger charge is -2.37. The van der Waals surface area contributed by atoms with Gasteiger partial charge in [0.1, 0.15) is 22.3 Å². The van der Waals surface area contributed by atoms with Crippen molar-refractivity contribution in [3.05, 3.63) is 150 Å². The molecule has 2 aliphatic rings. The number of anilines is 1. The van der Waals surface area contributed by atoms with Gasteiger partial charge in [0.2, 0.25) is 11.8 Å². The van der Waals surface area contributed by atoms with E-state index in [1.54, 1.807) is 24.1 Å². The maximum atomic E-state index is 16.0. The predicted molar refractivity (Wildman–Crippen MR) is 198 cm³/mol. The molecule has 6 aromatic rings. The molecule has 2 aromatic heterocycles. The quantitative estimate of drug-likeness (QED) is 0.152. The predicted octanol–water partition coefficient (Wildman–Crippen LogP) is 7.23. The fourth-order valence-corrected chi connectivity index (χ4v) is 8.82. The van der Waals surface area contributed by atoms with Crippen LogP contribution in [0.1, 0.15) is 29.2 Å². The van der Waals surface area contributed by atoms with Gasteiger partial charge in [0, 0.05) is 29.8 Å². The number of pyridine rings is 1. The Balaban J connectivity index is 1.33. The van der Waals surface area contributed by atoms with E-state index in [0.29, 0.717) is 48.3 Å². The van der Waals surface area contributed by atoms with Gasteiger partial charge in [-0.25, -0.2) is 23.4 Å². The number of rotatable bonds is 9. The Hall–Kier alpha value is -5.98. The number of benzene rings is 4. The molecule has 52 heavy (non-hydrogen) atoms. The first kappa shape index (κ1) is 33.2. The molecule has 0 saturated heterocycles. The largest absolute Gasteiger partial charge is 0.493 e. The van der Waals surface area contributed by atoms with Crippen molar-refractivity contribution in [1.29, 1.82) is 0 Å². The standard InChI is InChI=1S/C40H36N6O5S/c1-27-26-46-38(51-27)35(25-42-46)52(48,45-40(29-12-6-3-7-13-29,30-14-8-4-9-15-30)31-16-10-5-11-17-31)44-39(47)43-37-32(18-19-34-33(37)21-23-50-34)28-20-22-41-36(24-28)49-2/h3-20,22,24-25,27H,21,23,26H2,1-2H3,(H2,43,44,45,47,48)/t27-,52?/m1/s1. The van der Waals surface area contributed by atoms with Crippen LogP contribution in [-0.4, -0.2) is 44.8 Å². The maximum Gasteiger partial charge on any atom is 0.354 e. The van der Waals surface area contributed by atoms with Crippen LogP contribution in [0.5, 0.6) is 17.5 Å². The first-order valence-corrected chi connectivity index (χ1v) is 18.4. The lowest BCUT2D eigenvalue weighted by molar-refractivity contribution is 0.248. The highest BCUT2D eigenvalue weighted by molar-refractivity contribution is 7.92. The first-order chi connectivity index (χ1) is 25.4. The van der Waals surface area contributed by atoms with Gasteiger partial charge in [0.05, 0.1) is 32.1 Å². The average molecular weight is 713 g/mol. The maximum absolute atomic E-state index is 16.0. The zero-order valence-electron chi connectivity index (χ0n) is 28.6. The Morgan fingerprint density at radius 3 is 2.23 bits per heavy atom. The Kier molecular flexibility index (Phi) is 8.69. The van der Waals surface area contributed by atoms with Crippen molar-refractivity contribution in [3.8, 4) is 28.6 Å². The van der Waals surface area contributed by atoms with Crippen molar-refractivity contribution >= 4 is 21.6 Å². The molecule has 8 rings (SSSR count). The van der Waals surface area contributed by atoms with Crippen LogP contribution in [0.2, 0.25) is 0 Å². The molecule has 11 nitrogen and oxygen atoms in total. The normalized spacial score (nSPS) is 15.8. The van der Waals surface area contributed by atoms with E-state index in [1.807, 2.05) is 116 Å². The average Bonchev–Trinajstić information content (AvgIpc) is 3.92. The van der Waals surface area contributed by atoms with Crippen LogP contribution in [0.25, 0.3) is 11.1 Å². The number of aromatic nitrogens is 3.